The Morgan fingerprint density at radius 3 is 2.67 bits per heavy atom. The van der Waals surface area contributed by atoms with Crippen molar-refractivity contribution in [2.24, 2.45) is 0 Å². The van der Waals surface area contributed by atoms with Crippen LogP contribution in [0.3, 0.4) is 0 Å². The van der Waals surface area contributed by atoms with Crippen molar-refractivity contribution in [3.63, 3.8) is 0 Å². The Balaban J connectivity index is 2.49. The van der Waals surface area contributed by atoms with Gasteiger partial charge in [0.1, 0.15) is 17.7 Å². The second kappa shape index (κ2) is 6.78. The van der Waals surface area contributed by atoms with E-state index in [4.69, 9.17) is 21.1 Å². The molecular weight excluding hydrogens is 304 g/mol. The van der Waals surface area contributed by atoms with E-state index in [1.165, 1.54) is 32.4 Å². The highest BCUT2D eigenvalue weighted by Gasteiger charge is 2.21. The average molecular weight is 318 g/mol. The van der Waals surface area contributed by atoms with Gasteiger partial charge in [0.15, 0.2) is 0 Å². The standard InChI is InChI=1S/C14H14ClF2NO3/c1-19-12-7-18-13(20-2)6-10(12)9-5-8(15)3-4-11(9)21-14(16)17/h3-7,13-14,18H,1-2H3. The molecule has 1 aromatic carbocycles. The SMILES string of the molecule is COC1=CNC(OC)C=C1c1cc(Cl)ccc1OC(F)F. The first-order chi connectivity index (χ1) is 10.0. The van der Waals surface area contributed by atoms with Gasteiger partial charge in [-0.2, -0.15) is 8.78 Å². The van der Waals surface area contributed by atoms with Crippen molar-refractivity contribution in [1.82, 2.24) is 5.32 Å². The molecule has 1 aliphatic heterocycles. The molecule has 0 amide bonds. The molecule has 1 atom stereocenters. The van der Waals surface area contributed by atoms with Crippen LogP contribution in [0.25, 0.3) is 5.57 Å². The summed E-state index contributed by atoms with van der Waals surface area (Å²) < 4.78 is 40.0. The number of hydrogen-bond donors (Lipinski definition) is 1. The minimum atomic E-state index is -2.93. The van der Waals surface area contributed by atoms with Crippen molar-refractivity contribution >= 4 is 17.2 Å². The van der Waals surface area contributed by atoms with Crippen molar-refractivity contribution in [2.45, 2.75) is 12.8 Å². The Morgan fingerprint density at radius 1 is 1.29 bits per heavy atom. The first-order valence-corrected chi connectivity index (χ1v) is 6.43. The lowest BCUT2D eigenvalue weighted by molar-refractivity contribution is -0.0500. The van der Waals surface area contributed by atoms with Gasteiger partial charge >= 0.3 is 6.61 Å². The minimum absolute atomic E-state index is 0.0142. The quantitative estimate of drug-likeness (QED) is 0.903. The Labute approximate surface area is 125 Å². The van der Waals surface area contributed by atoms with Gasteiger partial charge in [-0.25, -0.2) is 0 Å². The number of benzene rings is 1. The molecule has 7 heteroatoms. The normalized spacial score (nSPS) is 17.9. The fraction of sp³-hybridized carbons (Fsp3) is 0.286. The number of halogens is 3. The zero-order valence-corrected chi connectivity index (χ0v) is 12.2. The van der Waals surface area contributed by atoms with Gasteiger partial charge in [-0.05, 0) is 24.3 Å². The van der Waals surface area contributed by atoms with Crippen LogP contribution in [-0.4, -0.2) is 27.1 Å². The van der Waals surface area contributed by atoms with Crippen LogP contribution < -0.4 is 10.1 Å². The lowest BCUT2D eigenvalue weighted by Gasteiger charge is -2.23. The van der Waals surface area contributed by atoms with E-state index in [1.54, 1.807) is 12.3 Å². The summed E-state index contributed by atoms with van der Waals surface area (Å²) in [5.74, 6) is 0.477. The maximum atomic E-state index is 12.5. The highest BCUT2D eigenvalue weighted by molar-refractivity contribution is 6.30. The summed E-state index contributed by atoms with van der Waals surface area (Å²) in [6.45, 7) is -2.93. The van der Waals surface area contributed by atoms with E-state index in [0.717, 1.165) is 0 Å². The number of allylic oxidation sites excluding steroid dienone is 1. The third kappa shape index (κ3) is 3.65. The molecule has 0 aliphatic carbocycles. The van der Waals surface area contributed by atoms with Gasteiger partial charge < -0.3 is 19.5 Å². The Kier molecular flexibility index (Phi) is 5.03. The first kappa shape index (κ1) is 15.6. The zero-order chi connectivity index (χ0) is 15.4. The van der Waals surface area contributed by atoms with Crippen LogP contribution in [0, 0.1) is 0 Å². The van der Waals surface area contributed by atoms with Crippen molar-refractivity contribution in [3.05, 3.63) is 46.8 Å². The Morgan fingerprint density at radius 2 is 2.05 bits per heavy atom. The molecule has 1 unspecified atom stereocenters. The Hall–Kier alpha value is -1.79. The number of dihydropyridines is 1. The molecule has 0 bridgehead atoms. The summed E-state index contributed by atoms with van der Waals surface area (Å²) in [7, 11) is 3.00. The summed E-state index contributed by atoms with van der Waals surface area (Å²) in [6.07, 6.45) is 2.89. The third-order valence-electron chi connectivity index (χ3n) is 2.88. The predicted molar refractivity (Wildman–Crippen MR) is 75.1 cm³/mol. The summed E-state index contributed by atoms with van der Waals surface area (Å²) in [5, 5.41) is 3.34. The molecule has 1 N–H and O–H groups in total. The van der Waals surface area contributed by atoms with E-state index in [1.807, 2.05) is 0 Å². The van der Waals surface area contributed by atoms with E-state index < -0.39 is 12.8 Å². The highest BCUT2D eigenvalue weighted by atomic mass is 35.5. The van der Waals surface area contributed by atoms with Crippen molar-refractivity contribution in [2.75, 3.05) is 14.2 Å². The van der Waals surface area contributed by atoms with E-state index in [9.17, 15) is 8.78 Å². The molecule has 0 aromatic heterocycles. The molecule has 21 heavy (non-hydrogen) atoms. The Bertz CT molecular complexity index is 575. The molecule has 0 saturated carbocycles. The minimum Gasteiger partial charge on any atom is -0.495 e. The van der Waals surface area contributed by atoms with Crippen LogP contribution in [0.4, 0.5) is 8.78 Å². The number of methoxy groups -OCH3 is 2. The van der Waals surface area contributed by atoms with Gasteiger partial charge in [-0.1, -0.05) is 11.6 Å². The third-order valence-corrected chi connectivity index (χ3v) is 3.12. The molecule has 0 saturated heterocycles. The molecule has 1 aromatic rings. The number of rotatable bonds is 5. The van der Waals surface area contributed by atoms with Crippen molar-refractivity contribution < 1.29 is 23.0 Å². The van der Waals surface area contributed by atoms with E-state index in [2.05, 4.69) is 10.1 Å². The molecule has 0 spiro atoms. The summed E-state index contributed by atoms with van der Waals surface area (Å²) in [4.78, 5) is 0. The van der Waals surface area contributed by atoms with Gasteiger partial charge in [0.25, 0.3) is 0 Å². The van der Waals surface area contributed by atoms with Crippen LogP contribution in [0.5, 0.6) is 5.75 Å². The first-order valence-electron chi connectivity index (χ1n) is 6.05. The van der Waals surface area contributed by atoms with Gasteiger partial charge in [-0.15, -0.1) is 0 Å². The number of nitrogens with one attached hydrogen (secondary N) is 1. The second-order valence-corrected chi connectivity index (χ2v) is 4.57. The fourth-order valence-electron chi connectivity index (χ4n) is 1.96. The van der Waals surface area contributed by atoms with Crippen LogP contribution >= 0.6 is 11.6 Å². The highest BCUT2D eigenvalue weighted by Crippen LogP contribution is 2.35. The van der Waals surface area contributed by atoms with Crippen molar-refractivity contribution in [3.8, 4) is 5.75 Å². The summed E-state index contributed by atoms with van der Waals surface area (Å²) in [6, 6.07) is 4.41. The zero-order valence-electron chi connectivity index (χ0n) is 11.4. The maximum absolute atomic E-state index is 12.5. The lowest BCUT2D eigenvalue weighted by atomic mass is 10.0. The average Bonchev–Trinajstić information content (AvgIpc) is 2.48. The van der Waals surface area contributed by atoms with Gasteiger partial charge in [0.05, 0.1) is 7.11 Å². The second-order valence-electron chi connectivity index (χ2n) is 4.14. The van der Waals surface area contributed by atoms with Crippen LogP contribution in [0.15, 0.2) is 36.2 Å². The number of alkyl halides is 2. The van der Waals surface area contributed by atoms with E-state index in [-0.39, 0.29) is 5.75 Å². The van der Waals surface area contributed by atoms with E-state index >= 15 is 0 Å². The number of ether oxygens (including phenoxy) is 3. The molecular formula is C14H14ClF2NO3. The summed E-state index contributed by atoms with van der Waals surface area (Å²) in [5.41, 5.74) is 0.959. The molecule has 1 aliphatic rings. The molecule has 0 radical (unpaired) electrons. The molecule has 2 rings (SSSR count). The maximum Gasteiger partial charge on any atom is 0.387 e. The largest absolute Gasteiger partial charge is 0.495 e. The molecule has 1 heterocycles. The van der Waals surface area contributed by atoms with Gasteiger partial charge in [0, 0.05) is 29.5 Å². The van der Waals surface area contributed by atoms with Crippen LogP contribution in [-0.2, 0) is 9.47 Å². The molecule has 114 valence electrons. The monoisotopic (exact) mass is 317 g/mol. The van der Waals surface area contributed by atoms with Gasteiger partial charge in [-0.3, -0.25) is 0 Å². The fourth-order valence-corrected chi connectivity index (χ4v) is 2.13. The van der Waals surface area contributed by atoms with Crippen LogP contribution in [0.1, 0.15) is 5.56 Å². The lowest BCUT2D eigenvalue weighted by Crippen LogP contribution is -2.28. The van der Waals surface area contributed by atoms with E-state index in [0.29, 0.717) is 21.9 Å². The van der Waals surface area contributed by atoms with Crippen molar-refractivity contribution in [1.29, 1.82) is 0 Å². The van der Waals surface area contributed by atoms with Crippen LogP contribution in [0.2, 0.25) is 5.02 Å². The predicted octanol–water partition coefficient (Wildman–Crippen LogP) is 3.39. The summed E-state index contributed by atoms with van der Waals surface area (Å²) >= 11 is 5.96. The molecule has 0 fully saturated rings. The van der Waals surface area contributed by atoms with Gasteiger partial charge in [0.2, 0.25) is 0 Å². The number of hydrogen-bond acceptors (Lipinski definition) is 4. The smallest absolute Gasteiger partial charge is 0.387 e. The molecule has 4 nitrogen and oxygen atoms in total. The topological polar surface area (TPSA) is 39.7 Å².